The predicted molar refractivity (Wildman–Crippen MR) is 112 cm³/mol. The Bertz CT molecular complexity index is 1030. The van der Waals surface area contributed by atoms with E-state index in [1.165, 1.54) is 10.1 Å². The number of nitrogens with zero attached hydrogens (tertiary/aromatic N) is 4. The second kappa shape index (κ2) is 9.01. The molecular weight excluding hydrogens is 354 g/mol. The summed E-state index contributed by atoms with van der Waals surface area (Å²) >= 11 is 0. The first-order chi connectivity index (χ1) is 13.5. The average molecular weight is 383 g/mol. The second-order valence-corrected chi connectivity index (χ2v) is 7.13. The third kappa shape index (κ3) is 4.25. The molecule has 0 bridgehead atoms. The lowest BCUT2D eigenvalue weighted by molar-refractivity contribution is 0.265. The van der Waals surface area contributed by atoms with Gasteiger partial charge in [0.25, 0.3) is 5.56 Å². The second-order valence-electron chi connectivity index (χ2n) is 7.13. The van der Waals surface area contributed by atoms with Gasteiger partial charge in [-0.3, -0.25) is 19.2 Å². The fourth-order valence-electron chi connectivity index (χ4n) is 3.46. The van der Waals surface area contributed by atoms with Crippen molar-refractivity contribution in [2.24, 2.45) is 7.05 Å². The summed E-state index contributed by atoms with van der Waals surface area (Å²) in [4.78, 5) is 34.1. The highest BCUT2D eigenvalue weighted by molar-refractivity contribution is 5.70. The number of aryl methyl sites for hydroxylation is 3. The monoisotopic (exact) mass is 383 g/mol. The molecule has 0 fully saturated rings. The van der Waals surface area contributed by atoms with Gasteiger partial charge in [-0.2, -0.15) is 0 Å². The number of H-pyrrole nitrogens is 1. The summed E-state index contributed by atoms with van der Waals surface area (Å²) in [5.74, 6) is 0.829. The summed E-state index contributed by atoms with van der Waals surface area (Å²) in [5, 5.41) is 0. The van der Waals surface area contributed by atoms with Crippen LogP contribution in [-0.2, 0) is 26.6 Å². The van der Waals surface area contributed by atoms with Crippen molar-refractivity contribution in [2.75, 3.05) is 13.1 Å². The Morgan fingerprint density at radius 3 is 2.57 bits per heavy atom. The third-order valence-corrected chi connectivity index (χ3v) is 5.19. The largest absolute Gasteiger partial charge is 0.329 e. The van der Waals surface area contributed by atoms with Gasteiger partial charge in [-0.05, 0) is 31.5 Å². The highest BCUT2D eigenvalue weighted by Gasteiger charge is 2.18. The quantitative estimate of drug-likeness (QED) is 0.615. The van der Waals surface area contributed by atoms with E-state index in [9.17, 15) is 9.59 Å². The molecule has 0 spiro atoms. The molecular formula is C21H29N5O2. The minimum absolute atomic E-state index is 0.374. The molecule has 150 valence electrons. The number of unbranched alkanes of at least 4 members (excludes halogenated alkanes) is 1. The lowest BCUT2D eigenvalue weighted by Gasteiger charge is -2.20. The molecule has 1 N–H and O–H groups in total. The zero-order valence-corrected chi connectivity index (χ0v) is 16.9. The van der Waals surface area contributed by atoms with Gasteiger partial charge in [0, 0.05) is 13.6 Å². The fourth-order valence-corrected chi connectivity index (χ4v) is 3.46. The van der Waals surface area contributed by atoms with E-state index in [0.29, 0.717) is 24.3 Å². The molecule has 28 heavy (non-hydrogen) atoms. The zero-order chi connectivity index (χ0) is 20.1. The molecule has 7 nitrogen and oxygen atoms in total. The normalized spacial score (nSPS) is 11.6. The molecule has 0 radical (unpaired) electrons. The molecule has 3 rings (SSSR count). The maximum absolute atomic E-state index is 12.6. The molecule has 0 aliphatic rings. The number of aromatic amines is 1. The molecule has 7 heteroatoms. The summed E-state index contributed by atoms with van der Waals surface area (Å²) < 4.78 is 3.40. The van der Waals surface area contributed by atoms with Gasteiger partial charge in [0.1, 0.15) is 5.82 Å². The predicted octanol–water partition coefficient (Wildman–Crippen LogP) is 2.29. The lowest BCUT2D eigenvalue weighted by Crippen LogP contribution is -2.29. The maximum Gasteiger partial charge on any atom is 0.329 e. The molecule has 0 saturated carbocycles. The Hall–Kier alpha value is -2.67. The molecule has 0 atom stereocenters. The van der Waals surface area contributed by atoms with E-state index in [1.54, 1.807) is 7.05 Å². The molecule has 2 heterocycles. The van der Waals surface area contributed by atoms with Gasteiger partial charge in [-0.25, -0.2) is 9.78 Å². The molecule has 0 aliphatic carbocycles. The Kier molecular flexibility index (Phi) is 6.46. The summed E-state index contributed by atoms with van der Waals surface area (Å²) in [6, 6.07) is 10.2. The molecule has 0 amide bonds. The lowest BCUT2D eigenvalue weighted by atomic mass is 10.1. The summed E-state index contributed by atoms with van der Waals surface area (Å²) in [7, 11) is 1.65. The standard InChI is InChI=1S/C21H29N5O2/c1-4-6-13-25(5-2)15-17-22-19-18(20(27)23-21(28)24(19)3)26(17)14-12-16-10-8-7-9-11-16/h7-11H,4-6,12-15H2,1-3H3,(H,23,27,28). The van der Waals surface area contributed by atoms with Crippen LogP contribution in [0.4, 0.5) is 0 Å². The first kappa shape index (κ1) is 20.1. The molecule has 1 aromatic carbocycles. The van der Waals surface area contributed by atoms with Gasteiger partial charge in [0.2, 0.25) is 0 Å². The Balaban J connectivity index is 2.02. The summed E-state index contributed by atoms with van der Waals surface area (Å²) in [6.45, 7) is 7.52. The smallest absolute Gasteiger partial charge is 0.321 e. The van der Waals surface area contributed by atoms with Crippen molar-refractivity contribution in [1.29, 1.82) is 0 Å². The van der Waals surface area contributed by atoms with Crippen LogP contribution < -0.4 is 11.2 Å². The molecule has 0 saturated heterocycles. The highest BCUT2D eigenvalue weighted by Crippen LogP contribution is 2.15. The number of nitrogens with one attached hydrogen (secondary N) is 1. The SMILES string of the molecule is CCCCN(CC)Cc1nc2c(c(=O)[nH]c(=O)n2C)n1CCc1ccccc1. The first-order valence-electron chi connectivity index (χ1n) is 9.99. The topological polar surface area (TPSA) is 75.9 Å². The number of imidazole rings is 1. The van der Waals surface area contributed by atoms with Crippen molar-refractivity contribution in [3.05, 3.63) is 62.6 Å². The van der Waals surface area contributed by atoms with Crippen LogP contribution in [-0.4, -0.2) is 37.1 Å². The van der Waals surface area contributed by atoms with E-state index >= 15 is 0 Å². The summed E-state index contributed by atoms with van der Waals surface area (Å²) in [6.07, 6.45) is 3.05. The van der Waals surface area contributed by atoms with Crippen molar-refractivity contribution in [3.63, 3.8) is 0 Å². The van der Waals surface area contributed by atoms with Crippen molar-refractivity contribution in [1.82, 2.24) is 24.0 Å². The number of hydrogen-bond acceptors (Lipinski definition) is 4. The first-order valence-corrected chi connectivity index (χ1v) is 9.99. The Morgan fingerprint density at radius 1 is 1.14 bits per heavy atom. The highest BCUT2D eigenvalue weighted by atomic mass is 16.2. The molecule has 2 aromatic heterocycles. The van der Waals surface area contributed by atoms with Crippen LogP contribution >= 0.6 is 0 Å². The fraction of sp³-hybridized carbons (Fsp3) is 0.476. The van der Waals surface area contributed by atoms with Crippen LogP contribution in [0.1, 0.15) is 38.1 Å². The van der Waals surface area contributed by atoms with Crippen molar-refractivity contribution in [3.8, 4) is 0 Å². The molecule has 0 aliphatic heterocycles. The van der Waals surface area contributed by atoms with Gasteiger partial charge >= 0.3 is 5.69 Å². The average Bonchev–Trinajstić information content (AvgIpc) is 3.07. The molecule has 3 aromatic rings. The summed E-state index contributed by atoms with van der Waals surface area (Å²) in [5.41, 5.74) is 1.31. The number of rotatable bonds is 9. The van der Waals surface area contributed by atoms with E-state index in [2.05, 4.69) is 35.9 Å². The molecule has 0 unspecified atom stereocenters. The van der Waals surface area contributed by atoms with Crippen molar-refractivity contribution in [2.45, 2.75) is 46.2 Å². The number of fused-ring (bicyclic) bond motifs is 1. The van der Waals surface area contributed by atoms with E-state index in [1.807, 2.05) is 22.8 Å². The van der Waals surface area contributed by atoms with E-state index in [4.69, 9.17) is 4.98 Å². The minimum Gasteiger partial charge on any atom is -0.321 e. The van der Waals surface area contributed by atoms with Gasteiger partial charge in [0.05, 0.1) is 6.54 Å². The van der Waals surface area contributed by atoms with Crippen LogP contribution in [0.15, 0.2) is 39.9 Å². The van der Waals surface area contributed by atoms with Crippen molar-refractivity contribution < 1.29 is 0 Å². The number of benzene rings is 1. The maximum atomic E-state index is 12.6. The van der Waals surface area contributed by atoms with Gasteiger partial charge < -0.3 is 4.57 Å². The number of aromatic nitrogens is 4. The van der Waals surface area contributed by atoms with E-state index in [-0.39, 0.29) is 5.56 Å². The van der Waals surface area contributed by atoms with Crippen LogP contribution in [0.3, 0.4) is 0 Å². The van der Waals surface area contributed by atoms with E-state index < -0.39 is 5.69 Å². The van der Waals surface area contributed by atoms with Crippen LogP contribution in [0, 0.1) is 0 Å². The Labute approximate surface area is 164 Å². The Morgan fingerprint density at radius 2 is 1.89 bits per heavy atom. The van der Waals surface area contributed by atoms with E-state index in [0.717, 1.165) is 38.2 Å². The zero-order valence-electron chi connectivity index (χ0n) is 16.9. The van der Waals surface area contributed by atoms with Crippen LogP contribution in [0.25, 0.3) is 11.2 Å². The third-order valence-electron chi connectivity index (χ3n) is 5.19. The minimum atomic E-state index is -0.435. The van der Waals surface area contributed by atoms with Gasteiger partial charge in [-0.15, -0.1) is 0 Å². The van der Waals surface area contributed by atoms with Gasteiger partial charge in [-0.1, -0.05) is 50.6 Å². The number of hydrogen-bond donors (Lipinski definition) is 1. The van der Waals surface area contributed by atoms with Crippen LogP contribution in [0.2, 0.25) is 0 Å². The van der Waals surface area contributed by atoms with Gasteiger partial charge in [0.15, 0.2) is 11.2 Å². The van der Waals surface area contributed by atoms with Crippen LogP contribution in [0.5, 0.6) is 0 Å². The van der Waals surface area contributed by atoms with Crippen molar-refractivity contribution >= 4 is 11.2 Å².